The standard InChI is InChI=1S/C30H22BNO2/c33-31(34)23-16-19-30-28(20-23)27-12-6-7-13-29(27)32(30)24-17-14-22(15-18-24)26-11-5-4-10-25(26)21-8-2-1-3-9-21/h1-20,33-34H. The van der Waals surface area contributed by atoms with Crippen molar-refractivity contribution in [2.45, 2.75) is 0 Å². The molecule has 162 valence electrons. The van der Waals surface area contributed by atoms with Crippen LogP contribution in [0.1, 0.15) is 0 Å². The Morgan fingerprint density at radius 1 is 0.500 bits per heavy atom. The van der Waals surface area contributed by atoms with Crippen molar-refractivity contribution in [3.8, 4) is 27.9 Å². The summed E-state index contributed by atoms with van der Waals surface area (Å²) in [4.78, 5) is 0. The molecule has 0 saturated heterocycles. The predicted octanol–water partition coefficient (Wildman–Crippen LogP) is 5.80. The van der Waals surface area contributed by atoms with Crippen LogP contribution in [0.2, 0.25) is 0 Å². The molecule has 0 unspecified atom stereocenters. The van der Waals surface area contributed by atoms with Crippen molar-refractivity contribution < 1.29 is 10.0 Å². The molecule has 6 rings (SSSR count). The van der Waals surface area contributed by atoms with Gasteiger partial charge in [0.15, 0.2) is 0 Å². The lowest BCUT2D eigenvalue weighted by atomic mass is 9.80. The monoisotopic (exact) mass is 439 g/mol. The molecule has 0 aliphatic rings. The third-order valence-electron chi connectivity index (χ3n) is 6.44. The van der Waals surface area contributed by atoms with Gasteiger partial charge in [0.05, 0.1) is 11.0 Å². The van der Waals surface area contributed by atoms with Gasteiger partial charge in [0.25, 0.3) is 0 Å². The molecule has 0 aliphatic heterocycles. The molecule has 4 heteroatoms. The number of benzene rings is 5. The van der Waals surface area contributed by atoms with E-state index in [9.17, 15) is 10.0 Å². The maximum absolute atomic E-state index is 9.67. The van der Waals surface area contributed by atoms with Crippen molar-refractivity contribution in [1.82, 2.24) is 4.57 Å². The number of nitrogens with zero attached hydrogens (tertiary/aromatic N) is 1. The quantitative estimate of drug-likeness (QED) is 0.341. The van der Waals surface area contributed by atoms with Crippen LogP contribution in [0, 0.1) is 0 Å². The Morgan fingerprint density at radius 2 is 1.09 bits per heavy atom. The Morgan fingerprint density at radius 3 is 1.79 bits per heavy atom. The minimum Gasteiger partial charge on any atom is -0.423 e. The fourth-order valence-corrected chi connectivity index (χ4v) is 4.82. The van der Waals surface area contributed by atoms with E-state index < -0.39 is 7.12 Å². The maximum Gasteiger partial charge on any atom is 0.488 e. The summed E-state index contributed by atoms with van der Waals surface area (Å²) in [5.41, 5.74) is 8.43. The van der Waals surface area contributed by atoms with Crippen LogP contribution in [0.3, 0.4) is 0 Å². The highest BCUT2D eigenvalue weighted by atomic mass is 16.4. The maximum atomic E-state index is 9.67. The Kier molecular flexibility index (Phi) is 5.03. The lowest BCUT2D eigenvalue weighted by Crippen LogP contribution is -2.29. The van der Waals surface area contributed by atoms with Crippen LogP contribution in [0.5, 0.6) is 0 Å². The van der Waals surface area contributed by atoms with Crippen molar-refractivity contribution >= 4 is 34.4 Å². The minimum atomic E-state index is -1.49. The zero-order valence-electron chi connectivity index (χ0n) is 18.5. The van der Waals surface area contributed by atoms with E-state index in [0.717, 1.165) is 33.1 Å². The van der Waals surface area contributed by atoms with Crippen molar-refractivity contribution in [3.05, 3.63) is 121 Å². The molecular formula is C30H22BNO2. The van der Waals surface area contributed by atoms with Gasteiger partial charge in [0.1, 0.15) is 0 Å². The highest BCUT2D eigenvalue weighted by Crippen LogP contribution is 2.35. The third-order valence-corrected chi connectivity index (χ3v) is 6.44. The molecule has 5 aromatic carbocycles. The fraction of sp³-hybridized carbons (Fsp3) is 0. The molecule has 0 atom stereocenters. The molecule has 6 aromatic rings. The van der Waals surface area contributed by atoms with Gasteiger partial charge in [-0.25, -0.2) is 0 Å². The molecule has 0 aliphatic carbocycles. The summed E-state index contributed by atoms with van der Waals surface area (Å²) in [6.07, 6.45) is 0. The predicted molar refractivity (Wildman–Crippen MR) is 141 cm³/mol. The Labute approximate surface area is 198 Å². The highest BCUT2D eigenvalue weighted by molar-refractivity contribution is 6.59. The zero-order valence-corrected chi connectivity index (χ0v) is 18.5. The summed E-state index contributed by atoms with van der Waals surface area (Å²) >= 11 is 0. The van der Waals surface area contributed by atoms with Gasteiger partial charge in [-0.2, -0.15) is 0 Å². The number of hydrogen-bond acceptors (Lipinski definition) is 2. The van der Waals surface area contributed by atoms with E-state index in [0.29, 0.717) is 5.46 Å². The van der Waals surface area contributed by atoms with E-state index >= 15 is 0 Å². The SMILES string of the molecule is OB(O)c1ccc2c(c1)c1ccccc1n2-c1ccc(-c2ccccc2-c2ccccc2)cc1. The van der Waals surface area contributed by atoms with Crippen LogP contribution < -0.4 is 5.46 Å². The smallest absolute Gasteiger partial charge is 0.423 e. The molecule has 1 aromatic heterocycles. The van der Waals surface area contributed by atoms with Gasteiger partial charge in [0.2, 0.25) is 0 Å². The number of para-hydroxylation sites is 1. The van der Waals surface area contributed by atoms with E-state index in [1.165, 1.54) is 16.7 Å². The highest BCUT2D eigenvalue weighted by Gasteiger charge is 2.17. The van der Waals surface area contributed by atoms with E-state index in [-0.39, 0.29) is 0 Å². The molecule has 0 amide bonds. The van der Waals surface area contributed by atoms with Crippen molar-refractivity contribution in [3.63, 3.8) is 0 Å². The van der Waals surface area contributed by atoms with Crippen molar-refractivity contribution in [2.75, 3.05) is 0 Å². The summed E-state index contributed by atoms with van der Waals surface area (Å²) in [7, 11) is -1.49. The first-order valence-electron chi connectivity index (χ1n) is 11.4. The third kappa shape index (κ3) is 3.41. The van der Waals surface area contributed by atoms with Gasteiger partial charge in [-0.15, -0.1) is 0 Å². The number of fused-ring (bicyclic) bond motifs is 3. The van der Waals surface area contributed by atoms with Gasteiger partial charge in [-0.1, -0.05) is 97.1 Å². The van der Waals surface area contributed by atoms with Crippen LogP contribution in [-0.2, 0) is 0 Å². The van der Waals surface area contributed by atoms with Gasteiger partial charge >= 0.3 is 7.12 Å². The molecule has 0 bridgehead atoms. The van der Waals surface area contributed by atoms with Gasteiger partial charge in [0, 0.05) is 16.5 Å². The molecule has 1 heterocycles. The molecule has 0 radical (unpaired) electrons. The first-order valence-corrected chi connectivity index (χ1v) is 11.4. The normalized spacial score (nSPS) is 11.2. The van der Waals surface area contributed by atoms with Gasteiger partial charge < -0.3 is 14.6 Å². The summed E-state index contributed by atoms with van der Waals surface area (Å²) in [6.45, 7) is 0. The van der Waals surface area contributed by atoms with Gasteiger partial charge in [-0.3, -0.25) is 0 Å². The van der Waals surface area contributed by atoms with Crippen LogP contribution >= 0.6 is 0 Å². The van der Waals surface area contributed by atoms with E-state index in [4.69, 9.17) is 0 Å². The molecule has 0 saturated carbocycles. The summed E-state index contributed by atoms with van der Waals surface area (Å²) < 4.78 is 2.23. The topological polar surface area (TPSA) is 45.4 Å². The average molecular weight is 439 g/mol. The molecule has 3 nitrogen and oxygen atoms in total. The van der Waals surface area contributed by atoms with E-state index in [1.807, 2.05) is 30.3 Å². The Balaban J connectivity index is 1.49. The van der Waals surface area contributed by atoms with Crippen molar-refractivity contribution in [2.24, 2.45) is 0 Å². The summed E-state index contributed by atoms with van der Waals surface area (Å²) in [6, 6.07) is 41.4. The largest absolute Gasteiger partial charge is 0.488 e. The summed E-state index contributed by atoms with van der Waals surface area (Å²) in [5.74, 6) is 0. The average Bonchev–Trinajstić information content (AvgIpc) is 3.23. The second kappa shape index (κ2) is 8.34. The Bertz CT molecular complexity index is 1620. The molecule has 2 N–H and O–H groups in total. The number of hydrogen-bond donors (Lipinski definition) is 2. The van der Waals surface area contributed by atoms with Gasteiger partial charge in [-0.05, 0) is 52.0 Å². The molecule has 34 heavy (non-hydrogen) atoms. The lowest BCUT2D eigenvalue weighted by Gasteiger charge is -2.12. The van der Waals surface area contributed by atoms with Crippen LogP contribution in [-0.4, -0.2) is 21.7 Å². The van der Waals surface area contributed by atoms with Crippen molar-refractivity contribution in [1.29, 1.82) is 0 Å². The summed E-state index contributed by atoms with van der Waals surface area (Å²) in [5, 5.41) is 21.4. The zero-order chi connectivity index (χ0) is 23.1. The second-order valence-corrected chi connectivity index (χ2v) is 8.46. The molecular weight excluding hydrogens is 417 g/mol. The van der Waals surface area contributed by atoms with Crippen LogP contribution in [0.15, 0.2) is 121 Å². The Hall–Kier alpha value is -4.12. The number of rotatable bonds is 4. The lowest BCUT2D eigenvalue weighted by molar-refractivity contribution is 0.426. The van der Waals surface area contributed by atoms with E-state index in [2.05, 4.69) is 89.5 Å². The van der Waals surface area contributed by atoms with Crippen LogP contribution in [0.25, 0.3) is 49.7 Å². The minimum absolute atomic E-state index is 0.489. The second-order valence-electron chi connectivity index (χ2n) is 8.46. The van der Waals surface area contributed by atoms with E-state index in [1.54, 1.807) is 6.07 Å². The first kappa shape index (κ1) is 20.5. The fourth-order valence-electron chi connectivity index (χ4n) is 4.82. The molecule has 0 fully saturated rings. The van der Waals surface area contributed by atoms with Crippen LogP contribution in [0.4, 0.5) is 0 Å². The number of aromatic nitrogens is 1. The molecule has 0 spiro atoms. The first-order chi connectivity index (χ1) is 16.7.